The van der Waals surface area contributed by atoms with Crippen LogP contribution in [0.15, 0.2) is 0 Å². The number of aliphatic hydroxyl groups is 2. The minimum absolute atomic E-state index is 0.144. The van der Waals surface area contributed by atoms with Gasteiger partial charge in [-0.15, -0.1) is 0 Å². The van der Waals surface area contributed by atoms with Crippen molar-refractivity contribution in [2.45, 2.75) is 45.3 Å². The average Bonchev–Trinajstić information content (AvgIpc) is 2.49. The van der Waals surface area contributed by atoms with Crippen LogP contribution in [0.1, 0.15) is 33.6 Å². The number of hydrogen-bond acceptors (Lipinski definition) is 2. The molecule has 70 valence electrons. The summed E-state index contributed by atoms with van der Waals surface area (Å²) in [5.74, 6) is 0.866. The van der Waals surface area contributed by atoms with E-state index in [-0.39, 0.29) is 11.5 Å². The van der Waals surface area contributed by atoms with Crippen LogP contribution in [0.5, 0.6) is 0 Å². The summed E-state index contributed by atoms with van der Waals surface area (Å²) in [6.45, 7) is 5.84. The highest BCUT2D eigenvalue weighted by Gasteiger charge is 2.66. The van der Waals surface area contributed by atoms with Crippen LogP contribution in [0.4, 0.5) is 0 Å². The average molecular weight is 170 g/mol. The van der Waals surface area contributed by atoms with Crippen molar-refractivity contribution in [2.24, 2.45) is 17.3 Å². The molecule has 2 heteroatoms. The first kappa shape index (κ1) is 8.52. The van der Waals surface area contributed by atoms with Crippen LogP contribution in [-0.2, 0) is 0 Å². The van der Waals surface area contributed by atoms with Crippen molar-refractivity contribution in [3.63, 3.8) is 0 Å². The van der Waals surface area contributed by atoms with Gasteiger partial charge < -0.3 is 10.2 Å². The van der Waals surface area contributed by atoms with Crippen LogP contribution in [0.25, 0.3) is 0 Å². The summed E-state index contributed by atoms with van der Waals surface area (Å²) >= 11 is 0. The molecule has 2 N–H and O–H groups in total. The molecule has 2 rings (SSSR count). The molecule has 4 atom stereocenters. The van der Waals surface area contributed by atoms with E-state index in [1.165, 1.54) is 0 Å². The standard InChI is InChI=1S/C10H18O2/c1-9(2,12)6-4-8(11)10(3)5-7(6)10/h6-8,11-12H,4-5H2,1-3H3/t6-,7?,8+,10?/m1/s1. The molecule has 0 bridgehead atoms. The lowest BCUT2D eigenvalue weighted by Crippen LogP contribution is -2.31. The molecule has 0 aromatic carbocycles. The Balaban J connectivity index is 2.15. The van der Waals surface area contributed by atoms with Gasteiger partial charge in [0.25, 0.3) is 0 Å². The lowest BCUT2D eigenvalue weighted by molar-refractivity contribution is 0.00104. The van der Waals surface area contributed by atoms with Crippen LogP contribution in [0, 0.1) is 17.3 Å². The smallest absolute Gasteiger partial charge is 0.0623 e. The fourth-order valence-electron chi connectivity index (χ4n) is 2.85. The van der Waals surface area contributed by atoms with Gasteiger partial charge in [0.15, 0.2) is 0 Å². The first-order valence-corrected chi connectivity index (χ1v) is 4.76. The number of hydrogen-bond donors (Lipinski definition) is 2. The van der Waals surface area contributed by atoms with Gasteiger partial charge in [0, 0.05) is 0 Å². The van der Waals surface area contributed by atoms with Crippen molar-refractivity contribution in [3.05, 3.63) is 0 Å². The van der Waals surface area contributed by atoms with Crippen molar-refractivity contribution in [3.8, 4) is 0 Å². The van der Waals surface area contributed by atoms with E-state index in [4.69, 9.17) is 0 Å². The minimum Gasteiger partial charge on any atom is -0.393 e. The Kier molecular flexibility index (Phi) is 1.45. The zero-order valence-corrected chi connectivity index (χ0v) is 8.04. The van der Waals surface area contributed by atoms with E-state index in [1.807, 2.05) is 13.8 Å². The molecule has 0 saturated heterocycles. The van der Waals surface area contributed by atoms with Gasteiger partial charge in [0.05, 0.1) is 11.7 Å². The van der Waals surface area contributed by atoms with E-state index in [1.54, 1.807) is 0 Å². The van der Waals surface area contributed by atoms with Crippen molar-refractivity contribution in [1.29, 1.82) is 0 Å². The van der Waals surface area contributed by atoms with E-state index < -0.39 is 5.60 Å². The molecule has 12 heavy (non-hydrogen) atoms. The van der Waals surface area contributed by atoms with E-state index in [0.717, 1.165) is 12.8 Å². The van der Waals surface area contributed by atoms with Crippen LogP contribution in [-0.4, -0.2) is 21.9 Å². The second-order valence-electron chi connectivity index (χ2n) is 5.33. The third-order valence-electron chi connectivity index (χ3n) is 3.98. The normalized spacial score (nSPS) is 52.2. The third-order valence-corrected chi connectivity index (χ3v) is 3.98. The molecule has 0 heterocycles. The number of fused-ring (bicyclic) bond motifs is 1. The molecular weight excluding hydrogens is 152 g/mol. The van der Waals surface area contributed by atoms with Crippen LogP contribution in [0.3, 0.4) is 0 Å². The van der Waals surface area contributed by atoms with E-state index in [2.05, 4.69) is 6.92 Å². The maximum absolute atomic E-state index is 9.84. The molecule has 2 unspecified atom stereocenters. The van der Waals surface area contributed by atoms with Gasteiger partial charge in [-0.25, -0.2) is 0 Å². The maximum atomic E-state index is 9.84. The molecule has 0 aromatic rings. The van der Waals surface area contributed by atoms with E-state index in [9.17, 15) is 10.2 Å². The van der Waals surface area contributed by atoms with Gasteiger partial charge in [-0.3, -0.25) is 0 Å². The van der Waals surface area contributed by atoms with Gasteiger partial charge in [-0.2, -0.15) is 0 Å². The summed E-state index contributed by atoms with van der Waals surface area (Å²) in [6.07, 6.45) is 1.70. The number of aliphatic hydroxyl groups excluding tert-OH is 1. The molecular formula is C10H18O2. The molecule has 0 amide bonds. The Hall–Kier alpha value is -0.0800. The minimum atomic E-state index is -0.611. The third kappa shape index (κ3) is 0.944. The lowest BCUT2D eigenvalue weighted by Gasteiger charge is -2.27. The molecule has 2 fully saturated rings. The molecule has 0 aromatic heterocycles. The second-order valence-corrected chi connectivity index (χ2v) is 5.33. The van der Waals surface area contributed by atoms with Crippen molar-refractivity contribution < 1.29 is 10.2 Å². The maximum Gasteiger partial charge on any atom is 0.0623 e. The van der Waals surface area contributed by atoms with Gasteiger partial charge in [-0.05, 0) is 43.9 Å². The summed E-state index contributed by atoms with van der Waals surface area (Å²) in [6, 6.07) is 0. The molecule has 2 nitrogen and oxygen atoms in total. The SMILES string of the molecule is CC(C)(O)[C@@H]1C[C@H](O)C2(C)CC12. The summed E-state index contributed by atoms with van der Waals surface area (Å²) < 4.78 is 0. The highest BCUT2D eigenvalue weighted by atomic mass is 16.3. The fraction of sp³-hybridized carbons (Fsp3) is 1.00. The molecule has 0 spiro atoms. The zero-order valence-electron chi connectivity index (χ0n) is 8.04. The Morgan fingerprint density at radius 3 is 2.17 bits per heavy atom. The van der Waals surface area contributed by atoms with Crippen LogP contribution >= 0.6 is 0 Å². The van der Waals surface area contributed by atoms with E-state index >= 15 is 0 Å². The van der Waals surface area contributed by atoms with Gasteiger partial charge >= 0.3 is 0 Å². The Bertz CT molecular complexity index is 206. The fourth-order valence-corrected chi connectivity index (χ4v) is 2.85. The van der Waals surface area contributed by atoms with Crippen LogP contribution in [0.2, 0.25) is 0 Å². The van der Waals surface area contributed by atoms with Gasteiger partial charge in [0.1, 0.15) is 0 Å². The highest BCUT2D eigenvalue weighted by molar-refractivity contribution is 5.15. The van der Waals surface area contributed by atoms with Gasteiger partial charge in [-0.1, -0.05) is 6.92 Å². The van der Waals surface area contributed by atoms with Gasteiger partial charge in [0.2, 0.25) is 0 Å². The Morgan fingerprint density at radius 2 is 2.00 bits per heavy atom. The Labute approximate surface area is 73.6 Å². The number of rotatable bonds is 1. The highest BCUT2D eigenvalue weighted by Crippen LogP contribution is 2.67. The second kappa shape index (κ2) is 2.05. The molecule has 2 aliphatic rings. The van der Waals surface area contributed by atoms with Crippen molar-refractivity contribution in [1.82, 2.24) is 0 Å². The van der Waals surface area contributed by atoms with Crippen molar-refractivity contribution >= 4 is 0 Å². The summed E-state index contributed by atoms with van der Waals surface area (Å²) in [5.41, 5.74) is -0.468. The Morgan fingerprint density at radius 1 is 1.42 bits per heavy atom. The molecule has 0 radical (unpaired) electrons. The first-order chi connectivity index (χ1) is 5.36. The molecule has 2 aliphatic carbocycles. The summed E-state index contributed by atoms with van der Waals surface area (Å²) in [5, 5.41) is 19.6. The van der Waals surface area contributed by atoms with Crippen LogP contribution < -0.4 is 0 Å². The van der Waals surface area contributed by atoms with E-state index in [0.29, 0.717) is 11.8 Å². The molecule has 2 saturated carbocycles. The predicted molar refractivity (Wildman–Crippen MR) is 46.6 cm³/mol. The summed E-state index contributed by atoms with van der Waals surface area (Å²) in [4.78, 5) is 0. The predicted octanol–water partition coefficient (Wildman–Crippen LogP) is 1.16. The lowest BCUT2D eigenvalue weighted by atomic mass is 9.86. The monoisotopic (exact) mass is 170 g/mol. The summed E-state index contributed by atoms with van der Waals surface area (Å²) in [7, 11) is 0. The zero-order chi connectivity index (χ0) is 9.15. The topological polar surface area (TPSA) is 40.5 Å². The van der Waals surface area contributed by atoms with Crippen molar-refractivity contribution in [2.75, 3.05) is 0 Å². The first-order valence-electron chi connectivity index (χ1n) is 4.76. The quantitative estimate of drug-likeness (QED) is 0.620. The largest absolute Gasteiger partial charge is 0.393 e. The molecule has 0 aliphatic heterocycles.